The van der Waals surface area contributed by atoms with E-state index in [-0.39, 0.29) is 5.91 Å². The van der Waals surface area contributed by atoms with Crippen LogP contribution in [0, 0.1) is 5.92 Å². The quantitative estimate of drug-likeness (QED) is 0.629. The van der Waals surface area contributed by atoms with Crippen LogP contribution < -0.4 is 15.0 Å². The molecule has 0 unspecified atom stereocenters. The van der Waals surface area contributed by atoms with Crippen LogP contribution in [0.1, 0.15) is 48.2 Å². The summed E-state index contributed by atoms with van der Waals surface area (Å²) in [6, 6.07) is 14.8. The number of methoxy groups -OCH3 is 1. The number of aromatic nitrogens is 1. The summed E-state index contributed by atoms with van der Waals surface area (Å²) >= 11 is 0. The lowest BCUT2D eigenvalue weighted by atomic mass is 10.0. The van der Waals surface area contributed by atoms with Gasteiger partial charge in [0.05, 0.1) is 7.11 Å². The molecule has 3 heterocycles. The molecule has 1 aliphatic carbocycles. The lowest BCUT2D eigenvalue weighted by Crippen LogP contribution is -2.46. The van der Waals surface area contributed by atoms with Gasteiger partial charge in [0.15, 0.2) is 0 Å². The number of hydrogen-bond acceptors (Lipinski definition) is 6. The molecule has 0 spiro atoms. The Morgan fingerprint density at radius 2 is 1.80 bits per heavy atom. The monoisotopic (exact) mass is 477 g/mol. The average Bonchev–Trinajstić information content (AvgIpc) is 3.75. The van der Waals surface area contributed by atoms with Crippen molar-refractivity contribution in [2.24, 2.45) is 5.92 Å². The summed E-state index contributed by atoms with van der Waals surface area (Å²) in [7, 11) is 1.75. The summed E-state index contributed by atoms with van der Waals surface area (Å²) < 4.78 is 5.54. The highest BCUT2D eigenvalue weighted by Crippen LogP contribution is 2.28. The van der Waals surface area contributed by atoms with Crippen LogP contribution in [0.4, 0.5) is 5.82 Å². The Morgan fingerprint density at radius 3 is 2.60 bits per heavy atom. The van der Waals surface area contributed by atoms with E-state index in [1.54, 1.807) is 7.11 Å². The van der Waals surface area contributed by atoms with E-state index >= 15 is 0 Å². The fraction of sp³-hybridized carbons (Fsp3) is 0.571. The largest absolute Gasteiger partial charge is 0.496 e. The highest BCUT2D eigenvalue weighted by molar-refractivity contribution is 5.92. The molecule has 7 heteroatoms. The standard InChI is InChI=1S/C28H39N5O2/c1-35-26-8-3-2-6-23(26)21-31-16-12-24(13-17-31)32-14-5-15-33(19-18-32)27-9-4-7-25(30-27)28(34)29-20-22-10-11-22/h2-4,6-9,22,24H,5,10-21H2,1H3,(H,29,34). The van der Waals surface area contributed by atoms with Crippen LogP contribution in [0.3, 0.4) is 0 Å². The lowest BCUT2D eigenvalue weighted by Gasteiger charge is -2.38. The number of amides is 1. The molecule has 3 aliphatic rings. The number of ether oxygens (including phenoxy) is 1. The Labute approximate surface area is 209 Å². The number of carbonyl (C=O) groups excluding carboxylic acids is 1. The van der Waals surface area contributed by atoms with E-state index < -0.39 is 0 Å². The first kappa shape index (κ1) is 24.1. The fourth-order valence-corrected chi connectivity index (χ4v) is 5.42. The van der Waals surface area contributed by atoms with Crippen molar-refractivity contribution in [2.45, 2.75) is 44.7 Å². The van der Waals surface area contributed by atoms with Gasteiger partial charge in [-0.05, 0) is 69.3 Å². The van der Waals surface area contributed by atoms with E-state index in [2.05, 4.69) is 38.2 Å². The van der Waals surface area contributed by atoms with E-state index in [0.717, 1.165) is 70.3 Å². The maximum absolute atomic E-state index is 12.5. The number of likely N-dealkylation sites (tertiary alicyclic amines) is 1. The van der Waals surface area contributed by atoms with Gasteiger partial charge in [0, 0.05) is 50.9 Å². The smallest absolute Gasteiger partial charge is 0.269 e. The van der Waals surface area contributed by atoms with E-state index in [1.807, 2.05) is 24.3 Å². The van der Waals surface area contributed by atoms with Crippen LogP contribution in [-0.2, 0) is 6.54 Å². The summed E-state index contributed by atoms with van der Waals surface area (Å²) in [5, 5.41) is 3.04. The van der Waals surface area contributed by atoms with Crippen molar-refractivity contribution in [3.8, 4) is 5.75 Å². The molecule has 3 fully saturated rings. The molecule has 35 heavy (non-hydrogen) atoms. The molecule has 0 atom stereocenters. The second-order valence-corrected chi connectivity index (χ2v) is 10.2. The van der Waals surface area contributed by atoms with Gasteiger partial charge < -0.3 is 15.0 Å². The van der Waals surface area contributed by atoms with Crippen LogP contribution in [0.25, 0.3) is 0 Å². The van der Waals surface area contributed by atoms with Gasteiger partial charge in [0.25, 0.3) is 5.91 Å². The summed E-state index contributed by atoms with van der Waals surface area (Å²) in [6.45, 7) is 8.13. The number of para-hydroxylation sites is 1. The van der Waals surface area contributed by atoms with Gasteiger partial charge in [0.2, 0.25) is 0 Å². The van der Waals surface area contributed by atoms with Gasteiger partial charge in [-0.25, -0.2) is 4.98 Å². The van der Waals surface area contributed by atoms with E-state index in [1.165, 1.54) is 31.2 Å². The zero-order chi connectivity index (χ0) is 24.0. The Bertz CT molecular complexity index is 987. The molecule has 188 valence electrons. The molecule has 1 aromatic heterocycles. The Kier molecular flexibility index (Phi) is 7.84. The molecular formula is C28H39N5O2. The molecule has 1 saturated carbocycles. The topological polar surface area (TPSA) is 60.9 Å². The van der Waals surface area contributed by atoms with Crippen LogP contribution in [0.5, 0.6) is 5.75 Å². The number of nitrogens with one attached hydrogen (secondary N) is 1. The summed E-state index contributed by atoms with van der Waals surface area (Å²) in [6.07, 6.45) is 6.02. The van der Waals surface area contributed by atoms with Gasteiger partial charge in [0.1, 0.15) is 17.3 Å². The molecule has 2 aromatic rings. The van der Waals surface area contributed by atoms with Crippen molar-refractivity contribution < 1.29 is 9.53 Å². The number of rotatable bonds is 8. The van der Waals surface area contributed by atoms with Gasteiger partial charge in [-0.1, -0.05) is 24.3 Å². The molecule has 2 saturated heterocycles. The molecule has 1 aromatic carbocycles. The maximum Gasteiger partial charge on any atom is 0.269 e. The number of pyridine rings is 1. The lowest BCUT2D eigenvalue weighted by molar-refractivity contribution is 0.0947. The summed E-state index contributed by atoms with van der Waals surface area (Å²) in [4.78, 5) is 24.8. The van der Waals surface area contributed by atoms with Gasteiger partial charge in [-0.2, -0.15) is 0 Å². The minimum absolute atomic E-state index is 0.0462. The van der Waals surface area contributed by atoms with Gasteiger partial charge in [-0.15, -0.1) is 0 Å². The van der Waals surface area contributed by atoms with Gasteiger partial charge >= 0.3 is 0 Å². The van der Waals surface area contributed by atoms with Crippen molar-refractivity contribution in [3.63, 3.8) is 0 Å². The molecular weight excluding hydrogens is 438 g/mol. The normalized spacial score (nSPS) is 20.4. The molecule has 0 radical (unpaired) electrons. The fourth-order valence-electron chi connectivity index (χ4n) is 5.42. The van der Waals surface area contributed by atoms with E-state index in [9.17, 15) is 4.79 Å². The van der Waals surface area contributed by atoms with Gasteiger partial charge in [-0.3, -0.25) is 14.6 Å². The number of hydrogen-bond donors (Lipinski definition) is 1. The van der Waals surface area contributed by atoms with E-state index in [0.29, 0.717) is 17.7 Å². The second kappa shape index (κ2) is 11.4. The third kappa shape index (κ3) is 6.33. The van der Waals surface area contributed by atoms with Crippen LogP contribution in [0.15, 0.2) is 42.5 Å². The average molecular weight is 478 g/mol. The molecule has 0 bridgehead atoms. The number of carbonyl (C=O) groups is 1. The highest BCUT2D eigenvalue weighted by Gasteiger charge is 2.27. The Morgan fingerprint density at radius 1 is 0.971 bits per heavy atom. The first-order valence-corrected chi connectivity index (χ1v) is 13.3. The van der Waals surface area contributed by atoms with E-state index in [4.69, 9.17) is 9.72 Å². The van der Waals surface area contributed by atoms with Crippen molar-refractivity contribution in [1.29, 1.82) is 0 Å². The first-order valence-electron chi connectivity index (χ1n) is 13.3. The number of nitrogens with zero attached hydrogens (tertiary/aromatic N) is 4. The zero-order valence-corrected chi connectivity index (χ0v) is 21.0. The SMILES string of the molecule is COc1ccccc1CN1CCC(N2CCCN(c3cccc(C(=O)NCC4CC4)n3)CC2)CC1. The zero-order valence-electron chi connectivity index (χ0n) is 21.0. The number of benzene rings is 1. The number of piperidine rings is 1. The first-order chi connectivity index (χ1) is 17.2. The second-order valence-electron chi connectivity index (χ2n) is 10.2. The Balaban J connectivity index is 1.11. The number of anilines is 1. The van der Waals surface area contributed by atoms with Crippen LogP contribution in [0.2, 0.25) is 0 Å². The maximum atomic E-state index is 12.5. The predicted octanol–water partition coefficient (Wildman–Crippen LogP) is 3.41. The highest BCUT2D eigenvalue weighted by atomic mass is 16.5. The Hall–Kier alpha value is -2.64. The molecule has 7 nitrogen and oxygen atoms in total. The van der Waals surface area contributed by atoms with Crippen molar-refractivity contribution in [2.75, 3.05) is 57.8 Å². The minimum atomic E-state index is -0.0462. The molecule has 5 rings (SSSR count). The van der Waals surface area contributed by atoms with Crippen molar-refractivity contribution >= 4 is 11.7 Å². The molecule has 1 N–H and O–H groups in total. The van der Waals surface area contributed by atoms with Crippen LogP contribution >= 0.6 is 0 Å². The minimum Gasteiger partial charge on any atom is -0.496 e. The predicted molar refractivity (Wildman–Crippen MR) is 139 cm³/mol. The summed E-state index contributed by atoms with van der Waals surface area (Å²) in [5.41, 5.74) is 1.81. The van der Waals surface area contributed by atoms with Crippen molar-refractivity contribution in [1.82, 2.24) is 20.1 Å². The van der Waals surface area contributed by atoms with Crippen molar-refractivity contribution in [3.05, 3.63) is 53.7 Å². The third-order valence-corrected chi connectivity index (χ3v) is 7.73. The molecule has 2 aliphatic heterocycles. The summed E-state index contributed by atoms with van der Waals surface area (Å²) in [5.74, 6) is 2.54. The van der Waals surface area contributed by atoms with Crippen LogP contribution in [-0.4, -0.2) is 79.7 Å². The molecule has 1 amide bonds. The third-order valence-electron chi connectivity index (χ3n) is 7.73.